The maximum Gasteiger partial charge on any atom is 0.227 e. The number of hydrogen-bond acceptors (Lipinski definition) is 3. The molecule has 5 heteroatoms. The van der Waals surface area contributed by atoms with E-state index < -0.39 is 0 Å². The number of carbonyl (C=O) groups is 1. The summed E-state index contributed by atoms with van der Waals surface area (Å²) in [6.07, 6.45) is 2.49. The summed E-state index contributed by atoms with van der Waals surface area (Å²) in [6.45, 7) is 7.47. The van der Waals surface area contributed by atoms with Gasteiger partial charge in [-0.05, 0) is 33.2 Å². The summed E-state index contributed by atoms with van der Waals surface area (Å²) in [5, 5.41) is 3.30. The van der Waals surface area contributed by atoms with Crippen LogP contribution in [-0.4, -0.2) is 49.2 Å². The summed E-state index contributed by atoms with van der Waals surface area (Å²) in [6, 6.07) is 0. The van der Waals surface area contributed by atoms with Crippen LogP contribution in [0.1, 0.15) is 26.7 Å². The highest BCUT2D eigenvalue weighted by atomic mass is 35.5. The van der Waals surface area contributed by atoms with Crippen molar-refractivity contribution in [3.63, 3.8) is 0 Å². The highest BCUT2D eigenvalue weighted by Crippen LogP contribution is 2.17. The highest BCUT2D eigenvalue weighted by Gasteiger charge is 2.30. The molecule has 2 aliphatic heterocycles. The minimum absolute atomic E-state index is 0. The van der Waals surface area contributed by atoms with Crippen molar-refractivity contribution in [2.24, 2.45) is 5.92 Å². The summed E-state index contributed by atoms with van der Waals surface area (Å²) >= 11 is 0. The Morgan fingerprint density at radius 2 is 1.94 bits per heavy atom. The van der Waals surface area contributed by atoms with Crippen LogP contribution in [0.25, 0.3) is 0 Å². The van der Waals surface area contributed by atoms with Crippen LogP contribution in [0.15, 0.2) is 0 Å². The normalized spacial score (nSPS) is 34.0. The number of nitrogens with zero attached hydrogens (tertiary/aromatic N) is 1. The third-order valence-electron chi connectivity index (χ3n) is 3.38. The standard InChI is InChI=1S/C12H22N2O2.ClH/c1-9-7-14(8-10(2)16-9)12(15)11-4-3-5-13-6-11;/h9-11,13H,3-8H2,1-2H3;1H. The van der Waals surface area contributed by atoms with E-state index in [1.807, 2.05) is 18.7 Å². The van der Waals surface area contributed by atoms with Crippen molar-refractivity contribution in [3.8, 4) is 0 Å². The minimum atomic E-state index is 0. The molecule has 0 spiro atoms. The van der Waals surface area contributed by atoms with E-state index in [9.17, 15) is 4.79 Å². The lowest BCUT2D eigenvalue weighted by Crippen LogP contribution is -2.52. The zero-order valence-electron chi connectivity index (χ0n) is 10.6. The molecule has 0 radical (unpaired) electrons. The summed E-state index contributed by atoms with van der Waals surface area (Å²) in [4.78, 5) is 14.3. The van der Waals surface area contributed by atoms with Gasteiger partial charge in [0.25, 0.3) is 0 Å². The molecule has 0 aromatic carbocycles. The van der Waals surface area contributed by atoms with Crippen LogP contribution in [0.4, 0.5) is 0 Å². The number of piperidine rings is 1. The van der Waals surface area contributed by atoms with E-state index in [0.29, 0.717) is 5.91 Å². The third kappa shape index (κ3) is 3.83. The third-order valence-corrected chi connectivity index (χ3v) is 3.38. The van der Waals surface area contributed by atoms with Gasteiger partial charge < -0.3 is 15.0 Å². The molecule has 0 saturated carbocycles. The molecule has 100 valence electrons. The molecule has 2 aliphatic rings. The van der Waals surface area contributed by atoms with Crippen LogP contribution in [0.2, 0.25) is 0 Å². The largest absolute Gasteiger partial charge is 0.372 e. The molecule has 0 aromatic heterocycles. The zero-order chi connectivity index (χ0) is 11.5. The van der Waals surface area contributed by atoms with Crippen molar-refractivity contribution in [1.29, 1.82) is 0 Å². The van der Waals surface area contributed by atoms with Crippen molar-refractivity contribution in [3.05, 3.63) is 0 Å². The van der Waals surface area contributed by atoms with Crippen molar-refractivity contribution in [1.82, 2.24) is 10.2 Å². The predicted octanol–water partition coefficient (Wildman–Crippen LogP) is 1.04. The maximum atomic E-state index is 12.3. The van der Waals surface area contributed by atoms with E-state index in [4.69, 9.17) is 4.74 Å². The molecule has 3 unspecified atom stereocenters. The molecule has 2 rings (SSSR count). The van der Waals surface area contributed by atoms with Crippen LogP contribution in [-0.2, 0) is 9.53 Å². The van der Waals surface area contributed by atoms with Gasteiger partial charge in [0.15, 0.2) is 0 Å². The Balaban J connectivity index is 0.00000144. The van der Waals surface area contributed by atoms with Crippen molar-refractivity contribution < 1.29 is 9.53 Å². The SMILES string of the molecule is CC1CN(C(=O)C2CCCNC2)CC(C)O1.Cl. The molecule has 2 heterocycles. The molecular weight excluding hydrogens is 240 g/mol. The average molecular weight is 263 g/mol. The molecule has 2 saturated heterocycles. The number of carbonyl (C=O) groups excluding carboxylic acids is 1. The second kappa shape index (κ2) is 6.57. The molecule has 2 fully saturated rings. The molecule has 1 amide bonds. The van der Waals surface area contributed by atoms with Crippen LogP contribution >= 0.6 is 12.4 Å². The summed E-state index contributed by atoms with van der Waals surface area (Å²) in [5.41, 5.74) is 0. The number of hydrogen-bond donors (Lipinski definition) is 1. The number of amides is 1. The van der Waals surface area contributed by atoms with Crippen LogP contribution in [0, 0.1) is 5.92 Å². The van der Waals surface area contributed by atoms with Gasteiger partial charge in [-0.2, -0.15) is 0 Å². The van der Waals surface area contributed by atoms with Crippen LogP contribution in [0.3, 0.4) is 0 Å². The fourth-order valence-corrected chi connectivity index (χ4v) is 2.68. The quantitative estimate of drug-likeness (QED) is 0.768. The fourth-order valence-electron chi connectivity index (χ4n) is 2.68. The fraction of sp³-hybridized carbons (Fsp3) is 0.917. The van der Waals surface area contributed by atoms with Gasteiger partial charge in [0, 0.05) is 19.6 Å². The molecule has 17 heavy (non-hydrogen) atoms. The number of morpholine rings is 1. The first-order chi connectivity index (χ1) is 7.66. The molecule has 0 aliphatic carbocycles. The Bertz CT molecular complexity index is 247. The van der Waals surface area contributed by atoms with Crippen molar-refractivity contribution in [2.75, 3.05) is 26.2 Å². The van der Waals surface area contributed by atoms with Gasteiger partial charge in [-0.1, -0.05) is 0 Å². The van der Waals surface area contributed by atoms with Crippen molar-refractivity contribution in [2.45, 2.75) is 38.9 Å². The first kappa shape index (κ1) is 14.7. The first-order valence-electron chi connectivity index (χ1n) is 6.32. The van der Waals surface area contributed by atoms with Crippen LogP contribution < -0.4 is 5.32 Å². The molecule has 3 atom stereocenters. The van der Waals surface area contributed by atoms with Gasteiger partial charge in [-0.3, -0.25) is 4.79 Å². The van der Waals surface area contributed by atoms with Gasteiger partial charge in [0.05, 0.1) is 18.1 Å². The molecule has 0 aromatic rings. The van der Waals surface area contributed by atoms with E-state index in [2.05, 4.69) is 5.32 Å². The molecule has 1 N–H and O–H groups in total. The smallest absolute Gasteiger partial charge is 0.227 e. The monoisotopic (exact) mass is 262 g/mol. The van der Waals surface area contributed by atoms with Gasteiger partial charge >= 0.3 is 0 Å². The van der Waals surface area contributed by atoms with E-state index >= 15 is 0 Å². The highest BCUT2D eigenvalue weighted by molar-refractivity contribution is 5.85. The van der Waals surface area contributed by atoms with E-state index in [1.54, 1.807) is 0 Å². The summed E-state index contributed by atoms with van der Waals surface area (Å²) < 4.78 is 5.64. The van der Waals surface area contributed by atoms with Gasteiger partial charge in [0.1, 0.15) is 0 Å². The number of nitrogens with one attached hydrogen (secondary N) is 1. The molecule has 0 bridgehead atoms. The van der Waals surface area contributed by atoms with Crippen molar-refractivity contribution >= 4 is 18.3 Å². The zero-order valence-corrected chi connectivity index (χ0v) is 11.5. The lowest BCUT2D eigenvalue weighted by atomic mass is 9.97. The second-order valence-electron chi connectivity index (χ2n) is 5.04. The molecular formula is C12H23ClN2O2. The topological polar surface area (TPSA) is 41.6 Å². The number of rotatable bonds is 1. The summed E-state index contributed by atoms with van der Waals surface area (Å²) in [7, 11) is 0. The Labute approximate surface area is 109 Å². The van der Waals surface area contributed by atoms with Gasteiger partial charge in [-0.15, -0.1) is 12.4 Å². The Kier molecular flexibility index (Phi) is 5.70. The van der Waals surface area contributed by atoms with Crippen LogP contribution in [0.5, 0.6) is 0 Å². The lowest BCUT2D eigenvalue weighted by molar-refractivity contribution is -0.147. The van der Waals surface area contributed by atoms with E-state index in [1.165, 1.54) is 0 Å². The first-order valence-corrected chi connectivity index (χ1v) is 6.32. The minimum Gasteiger partial charge on any atom is -0.372 e. The second-order valence-corrected chi connectivity index (χ2v) is 5.04. The Hall–Kier alpha value is -0.320. The summed E-state index contributed by atoms with van der Waals surface area (Å²) in [5.74, 6) is 0.500. The number of ether oxygens (including phenoxy) is 1. The lowest BCUT2D eigenvalue weighted by Gasteiger charge is -2.37. The Morgan fingerprint density at radius 3 is 2.47 bits per heavy atom. The molecule has 4 nitrogen and oxygen atoms in total. The Morgan fingerprint density at radius 1 is 1.29 bits per heavy atom. The average Bonchev–Trinajstić information content (AvgIpc) is 2.28. The van der Waals surface area contributed by atoms with Gasteiger partial charge in [0.2, 0.25) is 5.91 Å². The maximum absolute atomic E-state index is 12.3. The van der Waals surface area contributed by atoms with Gasteiger partial charge in [-0.25, -0.2) is 0 Å². The van der Waals surface area contributed by atoms with E-state index in [0.717, 1.165) is 39.0 Å². The number of halogens is 1. The van der Waals surface area contributed by atoms with E-state index in [-0.39, 0.29) is 30.5 Å². The predicted molar refractivity (Wildman–Crippen MR) is 69.4 cm³/mol.